The standard InChI is InChI=1S/C8H17N3O3/c1-11(2)5-3-9-7(13)8(14)10-4-6-12/h12H,3-6H2,1-2H3,(H,9,13)(H,10,14). The Labute approximate surface area is 83.3 Å². The summed E-state index contributed by atoms with van der Waals surface area (Å²) in [6.45, 7) is 1.04. The van der Waals surface area contributed by atoms with Crippen LogP contribution in [0.5, 0.6) is 0 Å². The molecule has 0 bridgehead atoms. The van der Waals surface area contributed by atoms with E-state index in [-0.39, 0.29) is 13.2 Å². The van der Waals surface area contributed by atoms with Crippen molar-refractivity contribution in [2.75, 3.05) is 40.3 Å². The van der Waals surface area contributed by atoms with Gasteiger partial charge in [0.05, 0.1) is 6.61 Å². The summed E-state index contributed by atoms with van der Waals surface area (Å²) < 4.78 is 0. The summed E-state index contributed by atoms with van der Waals surface area (Å²) in [6, 6.07) is 0. The van der Waals surface area contributed by atoms with E-state index in [2.05, 4.69) is 10.6 Å². The van der Waals surface area contributed by atoms with E-state index in [4.69, 9.17) is 5.11 Å². The first-order valence-electron chi connectivity index (χ1n) is 4.39. The highest BCUT2D eigenvalue weighted by Gasteiger charge is 2.11. The zero-order valence-corrected chi connectivity index (χ0v) is 8.54. The van der Waals surface area contributed by atoms with E-state index in [1.165, 1.54) is 0 Å². The second-order valence-corrected chi connectivity index (χ2v) is 3.04. The van der Waals surface area contributed by atoms with E-state index >= 15 is 0 Å². The number of aliphatic hydroxyl groups excluding tert-OH is 1. The van der Waals surface area contributed by atoms with Crippen LogP contribution in [0.2, 0.25) is 0 Å². The Morgan fingerprint density at radius 3 is 2.07 bits per heavy atom. The molecule has 0 saturated carbocycles. The van der Waals surface area contributed by atoms with E-state index < -0.39 is 11.8 Å². The van der Waals surface area contributed by atoms with Gasteiger partial charge in [0.25, 0.3) is 0 Å². The Hall–Kier alpha value is -1.14. The maximum absolute atomic E-state index is 11.0. The average molecular weight is 203 g/mol. The summed E-state index contributed by atoms with van der Waals surface area (Å²) in [7, 11) is 3.75. The maximum Gasteiger partial charge on any atom is 0.309 e. The van der Waals surface area contributed by atoms with Gasteiger partial charge in [-0.1, -0.05) is 0 Å². The van der Waals surface area contributed by atoms with Crippen molar-refractivity contribution in [1.29, 1.82) is 0 Å². The van der Waals surface area contributed by atoms with Crippen LogP contribution in [0.15, 0.2) is 0 Å². The largest absolute Gasteiger partial charge is 0.395 e. The average Bonchev–Trinajstić information content (AvgIpc) is 2.13. The lowest BCUT2D eigenvalue weighted by molar-refractivity contribution is -0.139. The molecular weight excluding hydrogens is 186 g/mol. The van der Waals surface area contributed by atoms with Crippen LogP contribution in [0, 0.1) is 0 Å². The predicted octanol–water partition coefficient (Wildman–Crippen LogP) is -2.23. The van der Waals surface area contributed by atoms with E-state index in [0.717, 1.165) is 0 Å². The molecule has 0 rings (SSSR count). The third-order valence-corrected chi connectivity index (χ3v) is 1.45. The monoisotopic (exact) mass is 203 g/mol. The number of rotatable bonds is 5. The summed E-state index contributed by atoms with van der Waals surface area (Å²) in [5.41, 5.74) is 0. The fourth-order valence-electron chi connectivity index (χ4n) is 0.723. The number of hydrogen-bond acceptors (Lipinski definition) is 4. The summed E-state index contributed by atoms with van der Waals surface area (Å²) in [4.78, 5) is 23.8. The first kappa shape index (κ1) is 12.9. The fourth-order valence-corrected chi connectivity index (χ4v) is 0.723. The van der Waals surface area contributed by atoms with Gasteiger partial charge in [0.2, 0.25) is 0 Å². The fraction of sp³-hybridized carbons (Fsp3) is 0.750. The maximum atomic E-state index is 11.0. The molecule has 3 N–H and O–H groups in total. The number of likely N-dealkylation sites (N-methyl/N-ethyl adjacent to an activating group) is 1. The summed E-state index contributed by atoms with van der Waals surface area (Å²) >= 11 is 0. The van der Waals surface area contributed by atoms with Crippen molar-refractivity contribution in [3.05, 3.63) is 0 Å². The molecule has 0 heterocycles. The Morgan fingerprint density at radius 2 is 1.64 bits per heavy atom. The number of carbonyl (C=O) groups is 2. The van der Waals surface area contributed by atoms with Gasteiger partial charge in [0.15, 0.2) is 0 Å². The van der Waals surface area contributed by atoms with Crippen molar-refractivity contribution in [3.8, 4) is 0 Å². The lowest BCUT2D eigenvalue weighted by atomic mass is 10.5. The first-order chi connectivity index (χ1) is 6.57. The van der Waals surface area contributed by atoms with Crippen LogP contribution in [-0.2, 0) is 9.59 Å². The minimum Gasteiger partial charge on any atom is -0.395 e. The van der Waals surface area contributed by atoms with E-state index in [1.807, 2.05) is 19.0 Å². The van der Waals surface area contributed by atoms with Crippen LogP contribution in [0.3, 0.4) is 0 Å². The molecule has 6 heteroatoms. The minimum absolute atomic E-state index is 0.0972. The molecule has 0 aromatic carbocycles. The van der Waals surface area contributed by atoms with Gasteiger partial charge in [0, 0.05) is 19.6 Å². The van der Waals surface area contributed by atoms with Crippen molar-refractivity contribution >= 4 is 11.8 Å². The molecule has 0 atom stereocenters. The highest BCUT2D eigenvalue weighted by Crippen LogP contribution is 1.73. The molecule has 0 unspecified atom stereocenters. The Morgan fingerprint density at radius 1 is 1.14 bits per heavy atom. The lowest BCUT2D eigenvalue weighted by Gasteiger charge is -2.09. The molecule has 0 aliphatic rings. The van der Waals surface area contributed by atoms with E-state index in [1.54, 1.807) is 0 Å². The second-order valence-electron chi connectivity index (χ2n) is 3.04. The van der Waals surface area contributed by atoms with Gasteiger partial charge in [-0.3, -0.25) is 9.59 Å². The third-order valence-electron chi connectivity index (χ3n) is 1.45. The van der Waals surface area contributed by atoms with E-state index in [0.29, 0.717) is 13.1 Å². The van der Waals surface area contributed by atoms with Crippen molar-refractivity contribution in [2.24, 2.45) is 0 Å². The van der Waals surface area contributed by atoms with Crippen LogP contribution in [0.4, 0.5) is 0 Å². The highest BCUT2D eigenvalue weighted by molar-refractivity contribution is 6.35. The quantitative estimate of drug-likeness (QED) is 0.442. The number of carbonyl (C=O) groups excluding carboxylic acids is 2. The number of aliphatic hydroxyl groups is 1. The van der Waals surface area contributed by atoms with E-state index in [9.17, 15) is 9.59 Å². The summed E-state index contributed by atoms with van der Waals surface area (Å²) in [5, 5.41) is 13.1. The minimum atomic E-state index is -0.710. The van der Waals surface area contributed by atoms with Crippen molar-refractivity contribution in [1.82, 2.24) is 15.5 Å². The van der Waals surface area contributed by atoms with Crippen LogP contribution >= 0.6 is 0 Å². The summed E-state index contributed by atoms with van der Waals surface area (Å²) in [6.07, 6.45) is 0. The molecule has 0 aliphatic carbocycles. The molecule has 0 radical (unpaired) electrons. The zero-order valence-electron chi connectivity index (χ0n) is 8.54. The van der Waals surface area contributed by atoms with Crippen molar-refractivity contribution < 1.29 is 14.7 Å². The van der Waals surface area contributed by atoms with Gasteiger partial charge in [-0.25, -0.2) is 0 Å². The Kier molecular flexibility index (Phi) is 6.69. The van der Waals surface area contributed by atoms with Crippen LogP contribution in [0.1, 0.15) is 0 Å². The molecule has 0 fully saturated rings. The molecule has 0 aliphatic heterocycles. The van der Waals surface area contributed by atoms with Gasteiger partial charge >= 0.3 is 11.8 Å². The second kappa shape index (κ2) is 7.28. The molecule has 2 amide bonds. The smallest absolute Gasteiger partial charge is 0.309 e. The normalized spacial score (nSPS) is 10.0. The molecular formula is C8H17N3O3. The summed E-state index contributed by atoms with van der Waals surface area (Å²) in [5.74, 6) is -1.38. The molecule has 82 valence electrons. The zero-order chi connectivity index (χ0) is 11.0. The molecule has 6 nitrogen and oxygen atoms in total. The Balaban J connectivity index is 3.57. The van der Waals surface area contributed by atoms with Crippen LogP contribution in [0.25, 0.3) is 0 Å². The Bertz CT molecular complexity index is 194. The van der Waals surface area contributed by atoms with Gasteiger partial charge in [-0.2, -0.15) is 0 Å². The third kappa shape index (κ3) is 6.38. The number of amides is 2. The molecule has 0 aromatic rings. The highest BCUT2D eigenvalue weighted by atomic mass is 16.3. The molecule has 0 spiro atoms. The van der Waals surface area contributed by atoms with Crippen LogP contribution < -0.4 is 10.6 Å². The van der Waals surface area contributed by atoms with Crippen molar-refractivity contribution in [3.63, 3.8) is 0 Å². The lowest BCUT2D eigenvalue weighted by Crippen LogP contribution is -2.42. The topological polar surface area (TPSA) is 81.7 Å². The number of hydrogen-bond donors (Lipinski definition) is 3. The first-order valence-corrected chi connectivity index (χ1v) is 4.39. The predicted molar refractivity (Wildman–Crippen MR) is 51.7 cm³/mol. The van der Waals surface area contributed by atoms with Gasteiger partial charge < -0.3 is 20.6 Å². The molecule has 0 aromatic heterocycles. The SMILES string of the molecule is CN(C)CCNC(=O)C(=O)NCCO. The van der Waals surface area contributed by atoms with Gasteiger partial charge in [-0.05, 0) is 14.1 Å². The molecule has 0 saturated heterocycles. The van der Waals surface area contributed by atoms with Crippen molar-refractivity contribution in [2.45, 2.75) is 0 Å². The number of nitrogens with zero attached hydrogens (tertiary/aromatic N) is 1. The molecule has 14 heavy (non-hydrogen) atoms. The van der Waals surface area contributed by atoms with Gasteiger partial charge in [0.1, 0.15) is 0 Å². The van der Waals surface area contributed by atoms with Gasteiger partial charge in [-0.15, -0.1) is 0 Å². The van der Waals surface area contributed by atoms with Crippen LogP contribution in [-0.4, -0.2) is 62.2 Å². The number of nitrogens with one attached hydrogen (secondary N) is 2.